The van der Waals surface area contributed by atoms with Gasteiger partial charge in [0.15, 0.2) is 0 Å². The molecule has 0 unspecified atom stereocenters. The summed E-state index contributed by atoms with van der Waals surface area (Å²) in [5.74, 6) is 2.04. The van der Waals surface area contributed by atoms with Crippen molar-refractivity contribution in [2.24, 2.45) is 17.6 Å². The summed E-state index contributed by atoms with van der Waals surface area (Å²) in [6.45, 7) is 3.17. The molecule has 1 fully saturated rings. The van der Waals surface area contributed by atoms with Crippen molar-refractivity contribution in [2.45, 2.75) is 39.0 Å². The molecule has 1 heteroatoms. The van der Waals surface area contributed by atoms with Crippen LogP contribution in [0.5, 0.6) is 0 Å². The fourth-order valence-electron chi connectivity index (χ4n) is 1.99. The highest BCUT2D eigenvalue weighted by molar-refractivity contribution is 4.78. The second-order valence-electron chi connectivity index (χ2n) is 3.57. The lowest BCUT2D eigenvalue weighted by Crippen LogP contribution is -2.25. The molecule has 0 aromatic heterocycles. The molecule has 0 heterocycles. The fraction of sp³-hybridized carbons (Fsp3) is 1.00. The zero-order chi connectivity index (χ0) is 7.40. The van der Waals surface area contributed by atoms with Gasteiger partial charge in [0.05, 0.1) is 0 Å². The van der Waals surface area contributed by atoms with Crippen molar-refractivity contribution in [3.8, 4) is 0 Å². The molecule has 1 nitrogen and oxygen atoms in total. The molecule has 0 aliphatic heterocycles. The molecule has 1 aliphatic rings. The molecule has 0 radical (unpaired) electrons. The maximum atomic E-state index is 5.46. The highest BCUT2D eigenvalue weighted by atomic mass is 14.5. The van der Waals surface area contributed by atoms with E-state index < -0.39 is 0 Å². The molecule has 0 atom stereocenters. The topological polar surface area (TPSA) is 26.0 Å². The lowest BCUT2D eigenvalue weighted by molar-refractivity contribution is 0.173. The quantitative estimate of drug-likeness (QED) is 0.638. The average Bonchev–Trinajstić information content (AvgIpc) is 1.84. The Labute approximate surface area is 64.0 Å². The number of hydrogen-bond acceptors (Lipinski definition) is 1. The van der Waals surface area contributed by atoms with E-state index in [1.54, 1.807) is 0 Å². The molecule has 1 aliphatic carbocycles. The Kier molecular flexibility index (Phi) is 3.20. The van der Waals surface area contributed by atoms with Gasteiger partial charge in [0.2, 0.25) is 0 Å². The Morgan fingerprint density at radius 2 is 1.80 bits per heavy atom. The molecule has 0 spiro atoms. The van der Waals surface area contributed by atoms with Crippen molar-refractivity contribution < 1.29 is 0 Å². The van der Waals surface area contributed by atoms with E-state index in [-0.39, 0.29) is 0 Å². The third-order valence-electron chi connectivity index (χ3n) is 2.61. The number of nitrogens with two attached hydrogens (primary N) is 1. The van der Waals surface area contributed by atoms with Crippen molar-refractivity contribution in [1.29, 1.82) is 0 Å². The third kappa shape index (κ3) is 1.98. The Morgan fingerprint density at radius 3 is 2.30 bits per heavy atom. The minimum Gasteiger partial charge on any atom is -0.330 e. The molecule has 2 N–H and O–H groups in total. The van der Waals surface area contributed by atoms with Crippen molar-refractivity contribution in [1.82, 2.24) is 0 Å². The van der Waals surface area contributed by atoms with Gasteiger partial charge in [-0.25, -0.2) is 0 Å². The summed E-state index contributed by atoms with van der Waals surface area (Å²) in [4.78, 5) is 0. The van der Waals surface area contributed by atoms with Gasteiger partial charge in [-0.05, 0) is 37.6 Å². The van der Waals surface area contributed by atoms with Crippen LogP contribution < -0.4 is 5.73 Å². The molecular weight excluding hydrogens is 122 g/mol. The molecule has 0 bridgehead atoms. The second-order valence-corrected chi connectivity index (χ2v) is 3.57. The van der Waals surface area contributed by atoms with E-state index in [0.29, 0.717) is 0 Å². The first-order chi connectivity index (χ1) is 4.86. The monoisotopic (exact) mass is 141 g/mol. The molecule has 0 saturated heterocycles. The van der Waals surface area contributed by atoms with E-state index in [1.165, 1.54) is 32.1 Å². The summed E-state index contributed by atoms with van der Waals surface area (Å²) in [6.07, 6.45) is 7.00. The van der Waals surface area contributed by atoms with Crippen molar-refractivity contribution in [3.63, 3.8) is 0 Å². The standard InChI is InChI=1S/C9H19N/c1-2-3-8-6-9(7-8)4-5-10/h8-9H,2-7,10H2,1H3. The zero-order valence-electron chi connectivity index (χ0n) is 6.97. The Balaban J connectivity index is 1.95. The van der Waals surface area contributed by atoms with Crippen LogP contribution in [-0.2, 0) is 0 Å². The Bertz CT molecular complexity index is 74.7. The zero-order valence-corrected chi connectivity index (χ0v) is 6.97. The fourth-order valence-corrected chi connectivity index (χ4v) is 1.99. The summed E-state index contributed by atoms with van der Waals surface area (Å²) in [6, 6.07) is 0. The summed E-state index contributed by atoms with van der Waals surface area (Å²) in [7, 11) is 0. The normalized spacial score (nSPS) is 31.8. The van der Waals surface area contributed by atoms with Crippen LogP contribution in [0, 0.1) is 11.8 Å². The van der Waals surface area contributed by atoms with Crippen LogP contribution in [0.2, 0.25) is 0 Å². The predicted octanol–water partition coefficient (Wildman–Crippen LogP) is 2.16. The van der Waals surface area contributed by atoms with Crippen molar-refractivity contribution in [3.05, 3.63) is 0 Å². The SMILES string of the molecule is CCCC1CC(CCN)C1. The first kappa shape index (κ1) is 8.06. The predicted molar refractivity (Wildman–Crippen MR) is 44.8 cm³/mol. The molecule has 1 rings (SSSR count). The van der Waals surface area contributed by atoms with E-state index in [4.69, 9.17) is 5.73 Å². The third-order valence-corrected chi connectivity index (χ3v) is 2.61. The largest absolute Gasteiger partial charge is 0.330 e. The highest BCUT2D eigenvalue weighted by Crippen LogP contribution is 2.38. The maximum Gasteiger partial charge on any atom is -0.00746 e. The summed E-state index contributed by atoms with van der Waals surface area (Å²) >= 11 is 0. The molecule has 10 heavy (non-hydrogen) atoms. The Hall–Kier alpha value is -0.0400. The lowest BCUT2D eigenvalue weighted by atomic mass is 9.71. The van der Waals surface area contributed by atoms with Gasteiger partial charge in [0, 0.05) is 0 Å². The van der Waals surface area contributed by atoms with Crippen LogP contribution in [0.3, 0.4) is 0 Å². The van der Waals surface area contributed by atoms with Gasteiger partial charge in [-0.1, -0.05) is 19.8 Å². The van der Waals surface area contributed by atoms with Crippen LogP contribution in [-0.4, -0.2) is 6.54 Å². The van der Waals surface area contributed by atoms with Gasteiger partial charge in [-0.2, -0.15) is 0 Å². The number of rotatable bonds is 4. The van der Waals surface area contributed by atoms with Gasteiger partial charge < -0.3 is 5.73 Å². The number of hydrogen-bond donors (Lipinski definition) is 1. The van der Waals surface area contributed by atoms with Gasteiger partial charge in [0.1, 0.15) is 0 Å². The summed E-state index contributed by atoms with van der Waals surface area (Å²) in [5, 5.41) is 0. The first-order valence-electron chi connectivity index (χ1n) is 4.56. The maximum absolute atomic E-state index is 5.46. The van der Waals surface area contributed by atoms with Crippen LogP contribution in [0.4, 0.5) is 0 Å². The molecule has 60 valence electrons. The van der Waals surface area contributed by atoms with Gasteiger partial charge in [0.25, 0.3) is 0 Å². The molecule has 0 aromatic carbocycles. The smallest absolute Gasteiger partial charge is 0.00746 e. The van der Waals surface area contributed by atoms with Gasteiger partial charge >= 0.3 is 0 Å². The summed E-state index contributed by atoms with van der Waals surface area (Å²) in [5.41, 5.74) is 5.46. The summed E-state index contributed by atoms with van der Waals surface area (Å²) < 4.78 is 0. The van der Waals surface area contributed by atoms with Gasteiger partial charge in [-0.15, -0.1) is 0 Å². The average molecular weight is 141 g/mol. The Morgan fingerprint density at radius 1 is 1.20 bits per heavy atom. The highest BCUT2D eigenvalue weighted by Gasteiger charge is 2.26. The van der Waals surface area contributed by atoms with Crippen molar-refractivity contribution >= 4 is 0 Å². The minimum atomic E-state index is 0.892. The van der Waals surface area contributed by atoms with E-state index in [9.17, 15) is 0 Å². The van der Waals surface area contributed by atoms with Crippen LogP contribution in [0.1, 0.15) is 39.0 Å². The van der Waals surface area contributed by atoms with E-state index in [1.807, 2.05) is 0 Å². The van der Waals surface area contributed by atoms with Crippen LogP contribution >= 0.6 is 0 Å². The molecule has 1 saturated carbocycles. The van der Waals surface area contributed by atoms with Crippen LogP contribution in [0.15, 0.2) is 0 Å². The molecular formula is C9H19N. The van der Waals surface area contributed by atoms with Crippen LogP contribution in [0.25, 0.3) is 0 Å². The first-order valence-corrected chi connectivity index (χ1v) is 4.56. The van der Waals surface area contributed by atoms with E-state index >= 15 is 0 Å². The molecule has 0 aromatic rings. The van der Waals surface area contributed by atoms with Gasteiger partial charge in [-0.3, -0.25) is 0 Å². The van der Waals surface area contributed by atoms with E-state index in [0.717, 1.165) is 18.4 Å². The second kappa shape index (κ2) is 3.97. The van der Waals surface area contributed by atoms with E-state index in [2.05, 4.69) is 6.92 Å². The van der Waals surface area contributed by atoms with Crippen molar-refractivity contribution in [2.75, 3.05) is 6.54 Å². The molecule has 0 amide bonds. The minimum absolute atomic E-state index is 0.892. The lowest BCUT2D eigenvalue weighted by Gasteiger charge is -2.35.